The predicted molar refractivity (Wildman–Crippen MR) is 60.6 cm³/mol. The summed E-state index contributed by atoms with van der Waals surface area (Å²) in [6, 6.07) is 6.64. The van der Waals surface area contributed by atoms with Gasteiger partial charge < -0.3 is 5.11 Å². The molecular formula is C12H6CuF6N2O2. The van der Waals surface area contributed by atoms with E-state index in [4.69, 9.17) is 0 Å². The molecule has 0 spiro atoms. The minimum absolute atomic E-state index is 0. The number of aromatic nitrogens is 2. The SMILES string of the molecule is O=C(c1c(C(F)(F)F)nn(-c2ccccc2)c1O)C(F)(F)F.[Cu]. The van der Waals surface area contributed by atoms with Gasteiger partial charge in [0.2, 0.25) is 5.88 Å². The Morgan fingerprint density at radius 1 is 1.04 bits per heavy atom. The summed E-state index contributed by atoms with van der Waals surface area (Å²) in [5.74, 6) is -4.35. The largest absolute Gasteiger partial charge is 0.493 e. The summed E-state index contributed by atoms with van der Waals surface area (Å²) in [5.41, 5.74) is -4.16. The van der Waals surface area contributed by atoms with Gasteiger partial charge in [0, 0.05) is 17.1 Å². The summed E-state index contributed by atoms with van der Waals surface area (Å²) < 4.78 is 75.9. The van der Waals surface area contributed by atoms with Crippen molar-refractivity contribution in [3.05, 3.63) is 41.6 Å². The number of ketones is 1. The molecule has 1 radical (unpaired) electrons. The first-order valence-electron chi connectivity index (χ1n) is 5.59. The minimum Gasteiger partial charge on any atom is -0.493 e. The first-order valence-corrected chi connectivity index (χ1v) is 5.59. The molecule has 1 aromatic carbocycles. The number of aromatic hydroxyl groups is 1. The molecule has 0 aliphatic heterocycles. The molecule has 0 bridgehead atoms. The van der Waals surface area contributed by atoms with Gasteiger partial charge in [0.05, 0.1) is 5.69 Å². The van der Waals surface area contributed by atoms with Crippen LogP contribution in [0.4, 0.5) is 26.3 Å². The number of Topliss-reactive ketones (excluding diaryl/α,β-unsaturated/α-hetero) is 1. The van der Waals surface area contributed by atoms with Gasteiger partial charge >= 0.3 is 12.4 Å². The first kappa shape index (κ1) is 19.0. The average molecular weight is 388 g/mol. The number of carbonyl (C=O) groups is 1. The summed E-state index contributed by atoms with van der Waals surface area (Å²) in [7, 11) is 0. The van der Waals surface area contributed by atoms with Gasteiger partial charge in [0.25, 0.3) is 5.78 Å². The van der Waals surface area contributed by atoms with Gasteiger partial charge in [-0.15, -0.1) is 0 Å². The van der Waals surface area contributed by atoms with Crippen LogP contribution in [0.3, 0.4) is 0 Å². The average Bonchev–Trinajstić information content (AvgIpc) is 2.75. The molecule has 4 nitrogen and oxygen atoms in total. The zero-order valence-corrected chi connectivity index (χ0v) is 11.6. The Hall–Kier alpha value is -2.00. The molecule has 23 heavy (non-hydrogen) atoms. The second kappa shape index (κ2) is 6.25. The van der Waals surface area contributed by atoms with Crippen molar-refractivity contribution in [3.8, 4) is 11.6 Å². The van der Waals surface area contributed by atoms with Crippen molar-refractivity contribution in [1.82, 2.24) is 9.78 Å². The fraction of sp³-hybridized carbons (Fsp3) is 0.167. The van der Waals surface area contributed by atoms with Crippen molar-refractivity contribution in [2.75, 3.05) is 0 Å². The molecule has 1 N–H and O–H groups in total. The van der Waals surface area contributed by atoms with Gasteiger partial charge in [-0.25, -0.2) is 0 Å². The number of benzene rings is 1. The Bertz CT molecular complexity index is 709. The maximum Gasteiger partial charge on any atom is 0.455 e. The van der Waals surface area contributed by atoms with Gasteiger partial charge in [-0.2, -0.15) is 36.1 Å². The summed E-state index contributed by atoms with van der Waals surface area (Å²) >= 11 is 0. The fourth-order valence-corrected chi connectivity index (χ4v) is 1.71. The van der Waals surface area contributed by atoms with Crippen LogP contribution in [-0.4, -0.2) is 26.8 Å². The summed E-state index contributed by atoms with van der Waals surface area (Å²) in [6.45, 7) is 0. The summed E-state index contributed by atoms with van der Waals surface area (Å²) in [4.78, 5) is 11.2. The maximum atomic E-state index is 12.8. The molecule has 0 unspecified atom stereocenters. The third-order valence-corrected chi connectivity index (χ3v) is 2.61. The van der Waals surface area contributed by atoms with Crippen molar-refractivity contribution < 1.29 is 53.3 Å². The Morgan fingerprint density at radius 3 is 2.00 bits per heavy atom. The smallest absolute Gasteiger partial charge is 0.455 e. The number of rotatable bonds is 2. The predicted octanol–water partition coefficient (Wildman–Crippen LogP) is 3.34. The zero-order valence-electron chi connectivity index (χ0n) is 10.7. The fourth-order valence-electron chi connectivity index (χ4n) is 1.71. The number of carbonyl (C=O) groups excluding carboxylic acids is 1. The monoisotopic (exact) mass is 387 g/mol. The zero-order chi connectivity index (χ0) is 16.7. The van der Waals surface area contributed by atoms with E-state index in [0.29, 0.717) is 0 Å². The molecular weight excluding hydrogens is 382 g/mol. The Balaban J connectivity index is 0.00000264. The summed E-state index contributed by atoms with van der Waals surface area (Å²) in [5, 5.41) is 12.5. The molecule has 2 aromatic rings. The third-order valence-electron chi connectivity index (χ3n) is 2.61. The van der Waals surface area contributed by atoms with Crippen LogP contribution in [0.1, 0.15) is 16.1 Å². The van der Waals surface area contributed by atoms with Crippen molar-refractivity contribution in [2.45, 2.75) is 12.4 Å². The number of hydrogen-bond donors (Lipinski definition) is 1. The van der Waals surface area contributed by atoms with Crippen molar-refractivity contribution in [2.24, 2.45) is 0 Å². The van der Waals surface area contributed by atoms with Gasteiger partial charge in [0.1, 0.15) is 5.56 Å². The molecule has 0 fully saturated rings. The molecule has 0 amide bonds. The second-order valence-electron chi connectivity index (χ2n) is 4.12. The minimum atomic E-state index is -5.58. The van der Waals surface area contributed by atoms with Crippen LogP contribution in [0.15, 0.2) is 30.3 Å². The van der Waals surface area contributed by atoms with Crippen LogP contribution >= 0.6 is 0 Å². The molecule has 1 aromatic heterocycles. The van der Waals surface area contributed by atoms with Crippen LogP contribution in [0.5, 0.6) is 5.88 Å². The van der Waals surface area contributed by atoms with E-state index in [2.05, 4.69) is 5.10 Å². The molecule has 0 aliphatic carbocycles. The van der Waals surface area contributed by atoms with E-state index in [1.54, 1.807) is 0 Å². The van der Waals surface area contributed by atoms with Gasteiger partial charge in [-0.1, -0.05) is 18.2 Å². The van der Waals surface area contributed by atoms with E-state index in [-0.39, 0.29) is 27.4 Å². The number of alkyl halides is 6. The number of halogens is 6. The van der Waals surface area contributed by atoms with Crippen molar-refractivity contribution in [3.63, 3.8) is 0 Å². The van der Waals surface area contributed by atoms with Crippen molar-refractivity contribution in [1.29, 1.82) is 0 Å². The maximum absolute atomic E-state index is 12.8. The normalized spacial score (nSPS) is 11.9. The molecule has 11 heteroatoms. The third kappa shape index (κ3) is 3.67. The number of nitrogens with zero attached hydrogens (tertiary/aromatic N) is 2. The quantitative estimate of drug-likeness (QED) is 0.488. The van der Waals surface area contributed by atoms with Crippen LogP contribution in [0.2, 0.25) is 0 Å². The second-order valence-corrected chi connectivity index (χ2v) is 4.12. The molecule has 1 heterocycles. The van der Waals surface area contributed by atoms with Crippen molar-refractivity contribution >= 4 is 5.78 Å². The first-order chi connectivity index (χ1) is 10.0. The van der Waals surface area contributed by atoms with E-state index in [1.165, 1.54) is 30.3 Å². The van der Waals surface area contributed by atoms with Crippen LogP contribution < -0.4 is 0 Å². The van der Waals surface area contributed by atoms with E-state index in [9.17, 15) is 36.2 Å². The van der Waals surface area contributed by atoms with E-state index < -0.39 is 35.3 Å². The van der Waals surface area contributed by atoms with E-state index >= 15 is 0 Å². The van der Waals surface area contributed by atoms with Gasteiger partial charge in [-0.05, 0) is 12.1 Å². The molecule has 0 atom stereocenters. The molecule has 129 valence electrons. The standard InChI is InChI=1S/C12H6F6N2O2.Cu/c13-11(14,15)8-7(9(21)12(16,17)18)10(22)20(19-8)6-4-2-1-3-5-6;/h1-5,22H;. The Kier molecular flexibility index (Phi) is 5.17. The Morgan fingerprint density at radius 2 is 1.57 bits per heavy atom. The Labute approximate surface area is 135 Å². The van der Waals surface area contributed by atoms with Crippen LogP contribution in [-0.2, 0) is 23.2 Å². The molecule has 0 saturated heterocycles. The summed E-state index contributed by atoms with van der Waals surface area (Å²) in [6.07, 6.45) is -10.9. The van der Waals surface area contributed by atoms with Crippen LogP contribution in [0.25, 0.3) is 5.69 Å². The van der Waals surface area contributed by atoms with E-state index in [0.717, 1.165) is 0 Å². The molecule has 0 saturated carbocycles. The molecule has 0 aliphatic rings. The number of hydrogen-bond acceptors (Lipinski definition) is 3. The topological polar surface area (TPSA) is 55.1 Å². The number of para-hydroxylation sites is 1. The van der Waals surface area contributed by atoms with E-state index in [1.807, 2.05) is 0 Å². The van der Waals surface area contributed by atoms with Gasteiger partial charge in [-0.3, -0.25) is 4.79 Å². The molecule has 2 rings (SSSR count). The van der Waals surface area contributed by atoms with Gasteiger partial charge in [0.15, 0.2) is 5.69 Å². The van der Waals surface area contributed by atoms with Crippen LogP contribution in [0, 0.1) is 0 Å².